The lowest BCUT2D eigenvalue weighted by Gasteiger charge is -2.34. The summed E-state index contributed by atoms with van der Waals surface area (Å²) < 4.78 is 2.16. The minimum atomic E-state index is 0.246. The van der Waals surface area contributed by atoms with Crippen molar-refractivity contribution in [1.29, 1.82) is 0 Å². The molecule has 0 radical (unpaired) electrons. The number of rotatable bonds is 6. The van der Waals surface area contributed by atoms with Crippen molar-refractivity contribution in [3.63, 3.8) is 0 Å². The van der Waals surface area contributed by atoms with Crippen LogP contribution in [-0.4, -0.2) is 21.6 Å². The molecule has 1 heterocycles. The van der Waals surface area contributed by atoms with Crippen LogP contribution in [0.1, 0.15) is 48.0 Å². The zero-order chi connectivity index (χ0) is 13.8. The minimum absolute atomic E-state index is 0.246. The second-order valence-electron chi connectivity index (χ2n) is 6.88. The van der Waals surface area contributed by atoms with Gasteiger partial charge in [-0.2, -0.15) is 0 Å². The van der Waals surface area contributed by atoms with E-state index in [1.165, 1.54) is 6.42 Å². The van der Waals surface area contributed by atoms with E-state index in [1.54, 1.807) is 0 Å². The third-order valence-electron chi connectivity index (χ3n) is 3.31. The molecule has 0 aliphatic carbocycles. The van der Waals surface area contributed by atoms with Crippen LogP contribution in [0.15, 0.2) is 18.7 Å². The fraction of sp³-hybridized carbons (Fsp3) is 0.800. The molecule has 0 amide bonds. The summed E-state index contributed by atoms with van der Waals surface area (Å²) >= 11 is 0. The van der Waals surface area contributed by atoms with Gasteiger partial charge in [0.05, 0.1) is 6.33 Å². The van der Waals surface area contributed by atoms with Gasteiger partial charge < -0.3 is 9.88 Å². The molecule has 3 heteroatoms. The molecule has 2 unspecified atom stereocenters. The molecule has 0 fully saturated rings. The molecule has 0 aliphatic heterocycles. The molecule has 1 rings (SSSR count). The van der Waals surface area contributed by atoms with Gasteiger partial charge in [0.2, 0.25) is 0 Å². The van der Waals surface area contributed by atoms with Crippen molar-refractivity contribution < 1.29 is 0 Å². The fourth-order valence-corrected chi connectivity index (χ4v) is 2.30. The first-order chi connectivity index (χ1) is 8.29. The van der Waals surface area contributed by atoms with Crippen LogP contribution >= 0.6 is 0 Å². The maximum absolute atomic E-state index is 4.12. The Balaban J connectivity index is 2.62. The molecular weight excluding hydrogens is 222 g/mol. The van der Waals surface area contributed by atoms with E-state index in [0.717, 1.165) is 12.5 Å². The molecule has 0 saturated heterocycles. The van der Waals surface area contributed by atoms with Crippen LogP contribution in [0.25, 0.3) is 0 Å². The topological polar surface area (TPSA) is 29.9 Å². The average molecular weight is 251 g/mol. The first-order valence-electron chi connectivity index (χ1n) is 7.01. The summed E-state index contributed by atoms with van der Waals surface area (Å²) in [6.07, 6.45) is 6.99. The van der Waals surface area contributed by atoms with Crippen LogP contribution in [-0.2, 0) is 6.54 Å². The van der Waals surface area contributed by atoms with E-state index in [0.29, 0.717) is 12.1 Å². The predicted molar refractivity (Wildman–Crippen MR) is 77.5 cm³/mol. The Kier molecular flexibility index (Phi) is 5.39. The van der Waals surface area contributed by atoms with Crippen LogP contribution in [0.3, 0.4) is 0 Å². The molecule has 0 aromatic carbocycles. The van der Waals surface area contributed by atoms with Crippen LogP contribution in [0.2, 0.25) is 0 Å². The summed E-state index contributed by atoms with van der Waals surface area (Å²) in [6, 6.07) is 1.01. The summed E-state index contributed by atoms with van der Waals surface area (Å²) in [5, 5.41) is 3.78. The van der Waals surface area contributed by atoms with Gasteiger partial charge in [-0.15, -0.1) is 0 Å². The average Bonchev–Trinajstić information content (AvgIpc) is 2.66. The number of hydrogen-bond acceptors (Lipinski definition) is 2. The van der Waals surface area contributed by atoms with Crippen molar-refractivity contribution in [1.82, 2.24) is 14.9 Å². The van der Waals surface area contributed by atoms with E-state index in [1.807, 2.05) is 18.7 Å². The Hall–Kier alpha value is -0.830. The summed E-state index contributed by atoms with van der Waals surface area (Å²) in [5.41, 5.74) is 0.246. The monoisotopic (exact) mass is 251 g/mol. The van der Waals surface area contributed by atoms with Gasteiger partial charge in [0.15, 0.2) is 0 Å². The second-order valence-corrected chi connectivity index (χ2v) is 6.88. The lowest BCUT2D eigenvalue weighted by atomic mass is 9.85. The molecule has 0 bridgehead atoms. The molecule has 2 atom stereocenters. The standard InChI is InChI=1S/C15H29N3/c1-12(2)9-13(3)17-14(15(4,5)6)10-18-8-7-16-11-18/h7-8,11-14,17H,9-10H2,1-6H3. The minimum Gasteiger partial charge on any atom is -0.336 e. The highest BCUT2D eigenvalue weighted by Gasteiger charge is 2.26. The van der Waals surface area contributed by atoms with Crippen LogP contribution < -0.4 is 5.32 Å². The maximum Gasteiger partial charge on any atom is 0.0946 e. The molecule has 1 aromatic heterocycles. The predicted octanol–water partition coefficient (Wildman–Crippen LogP) is 3.32. The van der Waals surface area contributed by atoms with E-state index in [9.17, 15) is 0 Å². The third kappa shape index (κ3) is 5.21. The van der Waals surface area contributed by atoms with Crippen molar-refractivity contribution in [2.24, 2.45) is 11.3 Å². The Bertz CT molecular complexity index is 322. The van der Waals surface area contributed by atoms with Crippen molar-refractivity contribution in [3.8, 4) is 0 Å². The van der Waals surface area contributed by atoms with E-state index in [2.05, 4.69) is 56.4 Å². The van der Waals surface area contributed by atoms with Crippen molar-refractivity contribution in [3.05, 3.63) is 18.7 Å². The smallest absolute Gasteiger partial charge is 0.0946 e. The highest BCUT2D eigenvalue weighted by Crippen LogP contribution is 2.22. The number of nitrogens with one attached hydrogen (secondary N) is 1. The van der Waals surface area contributed by atoms with Crippen LogP contribution in [0.4, 0.5) is 0 Å². The Morgan fingerprint density at radius 3 is 2.33 bits per heavy atom. The Labute approximate surface area is 112 Å². The van der Waals surface area contributed by atoms with E-state index >= 15 is 0 Å². The molecule has 0 spiro atoms. The molecular formula is C15H29N3. The molecule has 0 aliphatic rings. The van der Waals surface area contributed by atoms with Crippen LogP contribution in [0, 0.1) is 11.3 Å². The van der Waals surface area contributed by atoms with Gasteiger partial charge in [-0.25, -0.2) is 4.98 Å². The lowest BCUT2D eigenvalue weighted by molar-refractivity contribution is 0.217. The molecule has 1 N–H and O–H groups in total. The van der Waals surface area contributed by atoms with Gasteiger partial charge in [0.25, 0.3) is 0 Å². The Morgan fingerprint density at radius 1 is 1.22 bits per heavy atom. The Morgan fingerprint density at radius 2 is 1.89 bits per heavy atom. The van der Waals surface area contributed by atoms with Gasteiger partial charge >= 0.3 is 0 Å². The number of imidazole rings is 1. The highest BCUT2D eigenvalue weighted by atomic mass is 15.1. The molecule has 18 heavy (non-hydrogen) atoms. The van der Waals surface area contributed by atoms with Gasteiger partial charge in [0.1, 0.15) is 0 Å². The lowest BCUT2D eigenvalue weighted by Crippen LogP contribution is -2.47. The SMILES string of the molecule is CC(C)CC(C)NC(Cn1ccnc1)C(C)(C)C. The molecule has 3 nitrogen and oxygen atoms in total. The van der Waals surface area contributed by atoms with Gasteiger partial charge in [-0.3, -0.25) is 0 Å². The molecule has 0 saturated carbocycles. The quantitative estimate of drug-likeness (QED) is 0.840. The van der Waals surface area contributed by atoms with Crippen molar-refractivity contribution in [2.75, 3.05) is 0 Å². The number of hydrogen-bond donors (Lipinski definition) is 1. The normalized spacial score (nSPS) is 15.9. The van der Waals surface area contributed by atoms with E-state index in [-0.39, 0.29) is 5.41 Å². The molecule has 1 aromatic rings. The first kappa shape index (κ1) is 15.2. The van der Waals surface area contributed by atoms with Crippen molar-refractivity contribution >= 4 is 0 Å². The van der Waals surface area contributed by atoms with Crippen LogP contribution in [0.5, 0.6) is 0 Å². The fourth-order valence-electron chi connectivity index (χ4n) is 2.30. The van der Waals surface area contributed by atoms with Crippen molar-refractivity contribution in [2.45, 2.75) is 66.6 Å². The van der Waals surface area contributed by atoms with E-state index < -0.39 is 0 Å². The van der Waals surface area contributed by atoms with Gasteiger partial charge in [-0.1, -0.05) is 34.6 Å². The zero-order valence-electron chi connectivity index (χ0n) is 12.8. The maximum atomic E-state index is 4.12. The second kappa shape index (κ2) is 6.37. The summed E-state index contributed by atoms with van der Waals surface area (Å²) in [6.45, 7) is 14.7. The highest BCUT2D eigenvalue weighted by molar-refractivity contribution is 4.86. The van der Waals surface area contributed by atoms with Gasteiger partial charge in [-0.05, 0) is 24.7 Å². The molecule has 104 valence electrons. The van der Waals surface area contributed by atoms with E-state index in [4.69, 9.17) is 0 Å². The van der Waals surface area contributed by atoms with Gasteiger partial charge in [0, 0.05) is 31.0 Å². The third-order valence-corrected chi connectivity index (χ3v) is 3.31. The summed E-state index contributed by atoms with van der Waals surface area (Å²) in [7, 11) is 0. The summed E-state index contributed by atoms with van der Waals surface area (Å²) in [4.78, 5) is 4.12. The first-order valence-corrected chi connectivity index (χ1v) is 7.01. The number of nitrogens with zero attached hydrogens (tertiary/aromatic N) is 2. The zero-order valence-corrected chi connectivity index (χ0v) is 12.8. The number of aromatic nitrogens is 2. The summed E-state index contributed by atoms with van der Waals surface area (Å²) in [5.74, 6) is 0.737. The largest absolute Gasteiger partial charge is 0.336 e.